The molecule has 2 aromatic heterocycles. The van der Waals surface area contributed by atoms with Crippen LogP contribution in [-0.2, 0) is 14.2 Å². The van der Waals surface area contributed by atoms with Gasteiger partial charge in [0.15, 0.2) is 5.69 Å². The zero-order valence-electron chi connectivity index (χ0n) is 15.2. The second-order valence-corrected chi connectivity index (χ2v) is 6.33. The number of carbonyl (C=O) groups excluding carboxylic acids is 3. The van der Waals surface area contributed by atoms with Gasteiger partial charge in [-0.2, -0.15) is 0 Å². The lowest BCUT2D eigenvalue weighted by molar-refractivity contribution is 0.0478. The summed E-state index contributed by atoms with van der Waals surface area (Å²) < 4.78 is 15.9. The number of hydrogen-bond donors (Lipinski definition) is 0. The lowest BCUT2D eigenvalue weighted by atomic mass is 10.2. The van der Waals surface area contributed by atoms with Crippen LogP contribution in [0.2, 0.25) is 0 Å². The van der Waals surface area contributed by atoms with Gasteiger partial charge in [-0.3, -0.25) is 4.98 Å². The highest BCUT2D eigenvalue weighted by atomic mass is 16.6. The van der Waals surface area contributed by atoms with Crippen LogP contribution in [0.5, 0.6) is 0 Å². The maximum atomic E-state index is 12.8. The molecule has 0 saturated heterocycles. The maximum Gasteiger partial charge on any atom is 0.419 e. The summed E-state index contributed by atoms with van der Waals surface area (Å²) in [5.41, 5.74) is -0.421. The van der Waals surface area contributed by atoms with Crippen LogP contribution in [-0.4, -0.2) is 47.4 Å². The van der Waals surface area contributed by atoms with Gasteiger partial charge in [-0.05, 0) is 39.0 Å². The Labute approximate surface area is 150 Å². The first kappa shape index (κ1) is 19.2. The monoisotopic (exact) mass is 360 g/mol. The smallest absolute Gasteiger partial charge is 0.419 e. The van der Waals surface area contributed by atoms with Crippen molar-refractivity contribution >= 4 is 18.0 Å². The van der Waals surface area contributed by atoms with Crippen molar-refractivity contribution < 1.29 is 28.6 Å². The van der Waals surface area contributed by atoms with E-state index in [1.165, 1.54) is 19.4 Å². The third-order valence-corrected chi connectivity index (χ3v) is 3.32. The topological polar surface area (TPSA) is 96.7 Å². The molecule has 0 fully saturated rings. The predicted octanol–water partition coefficient (Wildman–Crippen LogP) is 2.91. The molecule has 0 aromatic carbocycles. The Morgan fingerprint density at radius 1 is 1.08 bits per heavy atom. The number of ether oxygens (including phenoxy) is 3. The third-order valence-electron chi connectivity index (χ3n) is 3.32. The summed E-state index contributed by atoms with van der Waals surface area (Å²) in [5, 5.41) is 0. The molecule has 0 radical (unpaired) electrons. The fraction of sp³-hybridized carbons (Fsp3) is 0.333. The summed E-state index contributed by atoms with van der Waals surface area (Å²) >= 11 is 0. The van der Waals surface area contributed by atoms with Crippen LogP contribution in [0.3, 0.4) is 0 Å². The SMILES string of the molecule is COC(=O)c1cc(-c2cccnc2)n(C(=O)OC(C)(C)C)c1C(=O)OC. The van der Waals surface area contributed by atoms with Gasteiger partial charge in [0.25, 0.3) is 0 Å². The Kier molecular flexibility index (Phi) is 5.44. The van der Waals surface area contributed by atoms with Gasteiger partial charge in [0.05, 0.1) is 25.5 Å². The molecule has 0 aliphatic heterocycles. The van der Waals surface area contributed by atoms with Crippen molar-refractivity contribution in [2.75, 3.05) is 14.2 Å². The first-order valence-corrected chi connectivity index (χ1v) is 7.75. The molecule has 0 aliphatic carbocycles. The number of esters is 2. The summed E-state index contributed by atoms with van der Waals surface area (Å²) in [6.07, 6.45) is 2.23. The zero-order chi connectivity index (χ0) is 19.5. The molecule has 2 heterocycles. The van der Waals surface area contributed by atoms with Crippen LogP contribution in [0.25, 0.3) is 11.3 Å². The van der Waals surface area contributed by atoms with E-state index in [1.807, 2.05) is 0 Å². The number of methoxy groups -OCH3 is 2. The second-order valence-electron chi connectivity index (χ2n) is 6.33. The first-order valence-electron chi connectivity index (χ1n) is 7.75. The minimum absolute atomic E-state index is 0.107. The van der Waals surface area contributed by atoms with Gasteiger partial charge < -0.3 is 14.2 Å². The van der Waals surface area contributed by atoms with Crippen LogP contribution >= 0.6 is 0 Å². The Morgan fingerprint density at radius 3 is 2.23 bits per heavy atom. The van der Waals surface area contributed by atoms with Gasteiger partial charge in [-0.25, -0.2) is 19.0 Å². The molecule has 0 saturated carbocycles. The Balaban J connectivity index is 2.78. The average Bonchev–Trinajstić information content (AvgIpc) is 3.00. The van der Waals surface area contributed by atoms with E-state index in [0.717, 1.165) is 11.7 Å². The highest BCUT2D eigenvalue weighted by Gasteiger charge is 2.32. The van der Waals surface area contributed by atoms with E-state index in [1.54, 1.807) is 39.1 Å². The predicted molar refractivity (Wildman–Crippen MR) is 92.0 cm³/mol. The molecule has 0 bridgehead atoms. The molecule has 0 unspecified atom stereocenters. The van der Waals surface area contributed by atoms with Crippen molar-refractivity contribution in [1.29, 1.82) is 0 Å². The standard InChI is InChI=1S/C18H20N2O6/c1-18(2,3)26-17(23)20-13(11-7-6-8-19-10-11)9-12(15(21)24-4)14(20)16(22)25-5/h6-10H,1-5H3. The van der Waals surface area contributed by atoms with Crippen molar-refractivity contribution in [1.82, 2.24) is 9.55 Å². The number of nitrogens with zero attached hydrogens (tertiary/aromatic N) is 2. The van der Waals surface area contributed by atoms with E-state index in [2.05, 4.69) is 4.98 Å². The fourth-order valence-electron chi connectivity index (χ4n) is 2.30. The van der Waals surface area contributed by atoms with Crippen LogP contribution < -0.4 is 0 Å². The summed E-state index contributed by atoms with van der Waals surface area (Å²) in [4.78, 5) is 41.3. The molecule has 0 amide bonds. The molecule has 0 spiro atoms. The summed E-state index contributed by atoms with van der Waals surface area (Å²) in [6.45, 7) is 5.07. The van der Waals surface area contributed by atoms with E-state index < -0.39 is 23.6 Å². The minimum Gasteiger partial charge on any atom is -0.465 e. The number of rotatable bonds is 3. The Bertz CT molecular complexity index is 833. The lowest BCUT2D eigenvalue weighted by Crippen LogP contribution is -2.30. The quantitative estimate of drug-likeness (QED) is 0.613. The van der Waals surface area contributed by atoms with Crippen LogP contribution in [0.4, 0.5) is 4.79 Å². The van der Waals surface area contributed by atoms with Crippen molar-refractivity contribution in [2.24, 2.45) is 0 Å². The molecule has 8 nitrogen and oxygen atoms in total. The molecule has 2 aromatic rings. The lowest BCUT2D eigenvalue weighted by Gasteiger charge is -2.21. The molecule has 0 N–H and O–H groups in total. The van der Waals surface area contributed by atoms with E-state index in [9.17, 15) is 14.4 Å². The first-order chi connectivity index (χ1) is 12.2. The van der Waals surface area contributed by atoms with Crippen LogP contribution in [0, 0.1) is 0 Å². The summed E-state index contributed by atoms with van der Waals surface area (Å²) in [5.74, 6) is -1.65. The Morgan fingerprint density at radius 2 is 1.73 bits per heavy atom. The van der Waals surface area contributed by atoms with Crippen molar-refractivity contribution in [3.63, 3.8) is 0 Å². The van der Waals surface area contributed by atoms with Crippen molar-refractivity contribution in [2.45, 2.75) is 26.4 Å². The third kappa shape index (κ3) is 3.90. The fourth-order valence-corrected chi connectivity index (χ4v) is 2.30. The molecule has 0 atom stereocenters. The number of hydrogen-bond acceptors (Lipinski definition) is 7. The van der Waals surface area contributed by atoms with Gasteiger partial charge in [-0.15, -0.1) is 0 Å². The molecule has 138 valence electrons. The molecular weight excluding hydrogens is 340 g/mol. The highest BCUT2D eigenvalue weighted by molar-refractivity contribution is 6.06. The molecule has 0 aliphatic rings. The van der Waals surface area contributed by atoms with E-state index in [0.29, 0.717) is 5.56 Å². The van der Waals surface area contributed by atoms with Gasteiger partial charge in [0.1, 0.15) is 5.60 Å². The largest absolute Gasteiger partial charge is 0.465 e. The number of pyridine rings is 1. The van der Waals surface area contributed by atoms with Gasteiger partial charge >= 0.3 is 18.0 Å². The van der Waals surface area contributed by atoms with Gasteiger partial charge in [0, 0.05) is 18.0 Å². The van der Waals surface area contributed by atoms with Crippen LogP contribution in [0.15, 0.2) is 30.6 Å². The van der Waals surface area contributed by atoms with E-state index in [4.69, 9.17) is 14.2 Å². The van der Waals surface area contributed by atoms with Gasteiger partial charge in [0.2, 0.25) is 0 Å². The van der Waals surface area contributed by atoms with Crippen molar-refractivity contribution in [3.05, 3.63) is 41.9 Å². The van der Waals surface area contributed by atoms with Crippen LogP contribution in [0.1, 0.15) is 41.6 Å². The molecule has 26 heavy (non-hydrogen) atoms. The van der Waals surface area contributed by atoms with E-state index >= 15 is 0 Å². The highest BCUT2D eigenvalue weighted by Crippen LogP contribution is 2.28. The van der Waals surface area contributed by atoms with Crippen molar-refractivity contribution in [3.8, 4) is 11.3 Å². The second kappa shape index (κ2) is 7.38. The maximum absolute atomic E-state index is 12.8. The van der Waals surface area contributed by atoms with E-state index in [-0.39, 0.29) is 17.0 Å². The average molecular weight is 360 g/mol. The number of aromatic nitrogens is 2. The minimum atomic E-state index is -0.869. The normalized spacial score (nSPS) is 11.0. The Hall–Kier alpha value is -3.16. The molecular formula is C18H20N2O6. The summed E-state index contributed by atoms with van der Waals surface area (Å²) in [7, 11) is 2.33. The molecule has 2 rings (SSSR count). The zero-order valence-corrected chi connectivity index (χ0v) is 15.2. The number of carbonyl (C=O) groups is 3. The van der Waals surface area contributed by atoms with Gasteiger partial charge in [-0.1, -0.05) is 0 Å². The molecule has 8 heteroatoms. The summed E-state index contributed by atoms with van der Waals surface area (Å²) in [6, 6.07) is 4.72.